The molecule has 1 saturated heterocycles. The van der Waals surface area contributed by atoms with Crippen LogP contribution in [-0.2, 0) is 4.74 Å². The molecule has 4 nitrogen and oxygen atoms in total. The Morgan fingerprint density at radius 1 is 1.37 bits per heavy atom. The van der Waals surface area contributed by atoms with Crippen LogP contribution >= 0.6 is 0 Å². The maximum atomic E-state index is 8.99. The summed E-state index contributed by atoms with van der Waals surface area (Å²) in [5.74, 6) is 0. The lowest BCUT2D eigenvalue weighted by molar-refractivity contribution is -0.0260. The van der Waals surface area contributed by atoms with E-state index in [1.165, 1.54) is 19.3 Å². The summed E-state index contributed by atoms with van der Waals surface area (Å²) in [6.45, 7) is 11.7. The standard InChI is InChI=1S/C15H32N2O2/c1-3-8-16-12-15(7-5-11-19-14-15)13-17(4-2)9-6-10-18/h16,18H,3-14H2,1-2H3. The molecule has 19 heavy (non-hydrogen) atoms. The largest absolute Gasteiger partial charge is 0.396 e. The Balaban J connectivity index is 2.50. The molecule has 114 valence electrons. The van der Waals surface area contributed by atoms with Gasteiger partial charge in [-0.3, -0.25) is 0 Å². The minimum atomic E-state index is 0.263. The van der Waals surface area contributed by atoms with Gasteiger partial charge in [-0.05, 0) is 38.8 Å². The molecule has 1 aliphatic rings. The smallest absolute Gasteiger partial charge is 0.0546 e. The fourth-order valence-corrected chi connectivity index (χ4v) is 2.88. The lowest BCUT2D eigenvalue weighted by Crippen LogP contribution is -2.49. The van der Waals surface area contributed by atoms with E-state index in [-0.39, 0.29) is 12.0 Å². The first-order valence-corrected chi connectivity index (χ1v) is 7.88. The molecule has 0 aliphatic carbocycles. The Morgan fingerprint density at radius 3 is 2.79 bits per heavy atom. The molecule has 4 heteroatoms. The number of hydrogen-bond donors (Lipinski definition) is 2. The van der Waals surface area contributed by atoms with Gasteiger partial charge in [0.05, 0.1) is 6.61 Å². The van der Waals surface area contributed by atoms with Crippen LogP contribution in [0.5, 0.6) is 0 Å². The number of aliphatic hydroxyl groups excluding tert-OH is 1. The van der Waals surface area contributed by atoms with Crippen LogP contribution < -0.4 is 5.32 Å². The molecule has 0 spiro atoms. The Labute approximate surface area is 118 Å². The van der Waals surface area contributed by atoms with Crippen molar-refractivity contribution in [2.75, 3.05) is 52.5 Å². The Bertz CT molecular complexity index is 218. The van der Waals surface area contributed by atoms with Crippen molar-refractivity contribution >= 4 is 0 Å². The lowest BCUT2D eigenvalue weighted by atomic mass is 9.81. The highest BCUT2D eigenvalue weighted by molar-refractivity contribution is 4.87. The number of hydrogen-bond acceptors (Lipinski definition) is 4. The third-order valence-corrected chi connectivity index (χ3v) is 3.97. The monoisotopic (exact) mass is 272 g/mol. The van der Waals surface area contributed by atoms with E-state index in [0.29, 0.717) is 0 Å². The molecule has 1 atom stereocenters. The summed E-state index contributed by atoms with van der Waals surface area (Å²) in [7, 11) is 0. The van der Waals surface area contributed by atoms with E-state index in [0.717, 1.165) is 52.4 Å². The third kappa shape index (κ3) is 6.21. The van der Waals surface area contributed by atoms with E-state index >= 15 is 0 Å². The van der Waals surface area contributed by atoms with Gasteiger partial charge in [0, 0.05) is 38.3 Å². The molecule has 0 aromatic rings. The average molecular weight is 272 g/mol. The van der Waals surface area contributed by atoms with Gasteiger partial charge < -0.3 is 20.1 Å². The van der Waals surface area contributed by atoms with Gasteiger partial charge in [0.2, 0.25) is 0 Å². The van der Waals surface area contributed by atoms with E-state index in [1.807, 2.05) is 0 Å². The van der Waals surface area contributed by atoms with Crippen LogP contribution in [0, 0.1) is 5.41 Å². The molecule has 0 radical (unpaired) electrons. The molecule has 1 aliphatic heterocycles. The first-order valence-electron chi connectivity index (χ1n) is 7.88. The van der Waals surface area contributed by atoms with Crippen molar-refractivity contribution in [1.29, 1.82) is 0 Å². The Morgan fingerprint density at radius 2 is 2.21 bits per heavy atom. The second-order valence-corrected chi connectivity index (χ2v) is 5.78. The van der Waals surface area contributed by atoms with Crippen LogP contribution in [-0.4, -0.2) is 62.6 Å². The van der Waals surface area contributed by atoms with Crippen LogP contribution in [0.3, 0.4) is 0 Å². The topological polar surface area (TPSA) is 44.7 Å². The summed E-state index contributed by atoms with van der Waals surface area (Å²) in [4.78, 5) is 2.46. The number of nitrogens with zero attached hydrogens (tertiary/aromatic N) is 1. The maximum absolute atomic E-state index is 8.99. The molecule has 2 N–H and O–H groups in total. The van der Waals surface area contributed by atoms with Crippen molar-refractivity contribution in [3.63, 3.8) is 0 Å². The predicted octanol–water partition coefficient (Wildman–Crippen LogP) is 1.49. The third-order valence-electron chi connectivity index (χ3n) is 3.97. The Kier molecular flexibility index (Phi) is 8.62. The molecule has 0 bridgehead atoms. The fourth-order valence-electron chi connectivity index (χ4n) is 2.88. The second-order valence-electron chi connectivity index (χ2n) is 5.78. The first kappa shape index (κ1) is 16.9. The van der Waals surface area contributed by atoms with Gasteiger partial charge in [-0.1, -0.05) is 13.8 Å². The minimum Gasteiger partial charge on any atom is -0.396 e. The zero-order chi connectivity index (χ0) is 14.0. The molecule has 1 unspecified atom stereocenters. The maximum Gasteiger partial charge on any atom is 0.0546 e. The van der Waals surface area contributed by atoms with Crippen LogP contribution in [0.2, 0.25) is 0 Å². The summed E-state index contributed by atoms with van der Waals surface area (Å²) in [6.07, 6.45) is 4.47. The summed E-state index contributed by atoms with van der Waals surface area (Å²) in [6, 6.07) is 0. The zero-order valence-electron chi connectivity index (χ0n) is 12.8. The average Bonchev–Trinajstić information content (AvgIpc) is 2.45. The molecule has 0 aromatic carbocycles. The lowest BCUT2D eigenvalue weighted by Gasteiger charge is -2.41. The molecular formula is C15H32N2O2. The van der Waals surface area contributed by atoms with Crippen molar-refractivity contribution in [2.24, 2.45) is 5.41 Å². The molecule has 0 aromatic heterocycles. The summed E-state index contributed by atoms with van der Waals surface area (Å²) in [5.41, 5.74) is 0.263. The summed E-state index contributed by atoms with van der Waals surface area (Å²) < 4.78 is 5.75. The highest BCUT2D eigenvalue weighted by Gasteiger charge is 2.34. The minimum absolute atomic E-state index is 0.263. The van der Waals surface area contributed by atoms with E-state index in [2.05, 4.69) is 24.1 Å². The van der Waals surface area contributed by atoms with E-state index in [4.69, 9.17) is 9.84 Å². The molecular weight excluding hydrogens is 240 g/mol. The van der Waals surface area contributed by atoms with Crippen LogP contribution in [0.15, 0.2) is 0 Å². The highest BCUT2D eigenvalue weighted by atomic mass is 16.5. The zero-order valence-corrected chi connectivity index (χ0v) is 12.8. The fraction of sp³-hybridized carbons (Fsp3) is 1.00. The molecule has 1 heterocycles. The predicted molar refractivity (Wildman–Crippen MR) is 79.5 cm³/mol. The highest BCUT2D eigenvalue weighted by Crippen LogP contribution is 2.29. The van der Waals surface area contributed by atoms with Gasteiger partial charge in [-0.25, -0.2) is 0 Å². The van der Waals surface area contributed by atoms with E-state index < -0.39 is 0 Å². The number of ether oxygens (including phenoxy) is 1. The summed E-state index contributed by atoms with van der Waals surface area (Å²) in [5, 5.41) is 12.6. The molecule has 1 fully saturated rings. The number of aliphatic hydroxyl groups is 1. The van der Waals surface area contributed by atoms with Crippen LogP contribution in [0.1, 0.15) is 39.5 Å². The normalized spacial score (nSPS) is 24.0. The molecule has 1 rings (SSSR count). The first-order chi connectivity index (χ1) is 9.26. The van der Waals surface area contributed by atoms with Gasteiger partial charge >= 0.3 is 0 Å². The van der Waals surface area contributed by atoms with Gasteiger partial charge in [-0.15, -0.1) is 0 Å². The van der Waals surface area contributed by atoms with E-state index in [1.54, 1.807) is 0 Å². The molecule has 0 amide bonds. The van der Waals surface area contributed by atoms with Gasteiger partial charge in [0.25, 0.3) is 0 Å². The van der Waals surface area contributed by atoms with E-state index in [9.17, 15) is 0 Å². The Hall–Kier alpha value is -0.160. The molecule has 0 saturated carbocycles. The van der Waals surface area contributed by atoms with Gasteiger partial charge in [-0.2, -0.15) is 0 Å². The second kappa shape index (κ2) is 9.70. The van der Waals surface area contributed by atoms with Crippen molar-refractivity contribution in [2.45, 2.75) is 39.5 Å². The van der Waals surface area contributed by atoms with Crippen molar-refractivity contribution in [3.8, 4) is 0 Å². The van der Waals surface area contributed by atoms with Crippen molar-refractivity contribution in [1.82, 2.24) is 10.2 Å². The quantitative estimate of drug-likeness (QED) is 0.591. The summed E-state index contributed by atoms with van der Waals surface area (Å²) >= 11 is 0. The number of nitrogens with one attached hydrogen (secondary N) is 1. The van der Waals surface area contributed by atoms with Crippen molar-refractivity contribution in [3.05, 3.63) is 0 Å². The van der Waals surface area contributed by atoms with Crippen LogP contribution in [0.25, 0.3) is 0 Å². The SMILES string of the molecule is CCCNCC1(CN(CC)CCCO)CCCOC1. The van der Waals surface area contributed by atoms with Gasteiger partial charge in [0.15, 0.2) is 0 Å². The van der Waals surface area contributed by atoms with Crippen molar-refractivity contribution < 1.29 is 9.84 Å². The van der Waals surface area contributed by atoms with Gasteiger partial charge in [0.1, 0.15) is 0 Å². The van der Waals surface area contributed by atoms with Crippen LogP contribution in [0.4, 0.5) is 0 Å². The number of rotatable bonds is 10.